The van der Waals surface area contributed by atoms with Crippen LogP contribution in [0.3, 0.4) is 0 Å². The van der Waals surface area contributed by atoms with E-state index < -0.39 is 10.0 Å². The minimum Gasteiger partial charge on any atom is -0.355 e. The number of nitrogens with two attached hydrogens (primary N) is 1. The molecule has 136 valence electrons. The highest BCUT2D eigenvalue weighted by atomic mass is 35.5. The van der Waals surface area contributed by atoms with Crippen LogP contribution in [-0.2, 0) is 14.8 Å². The van der Waals surface area contributed by atoms with Gasteiger partial charge in [-0.1, -0.05) is 6.07 Å². The van der Waals surface area contributed by atoms with Crippen LogP contribution in [-0.4, -0.2) is 51.1 Å². The highest BCUT2D eigenvalue weighted by molar-refractivity contribution is 7.98. The smallest absolute Gasteiger partial charge is 0.243 e. The Morgan fingerprint density at radius 1 is 1.46 bits per heavy atom. The van der Waals surface area contributed by atoms with Gasteiger partial charge in [0.15, 0.2) is 0 Å². The van der Waals surface area contributed by atoms with Crippen LogP contribution in [0.4, 0.5) is 0 Å². The van der Waals surface area contributed by atoms with Gasteiger partial charge >= 0.3 is 0 Å². The molecule has 9 heteroatoms. The molecule has 1 atom stereocenters. The first-order valence-electron chi connectivity index (χ1n) is 7.61. The predicted molar refractivity (Wildman–Crippen MR) is 99.0 cm³/mol. The molecule has 0 radical (unpaired) electrons. The number of hydrogen-bond acceptors (Lipinski definition) is 5. The molecule has 0 spiro atoms. The number of amides is 1. The molecule has 1 heterocycles. The standard InChI is InChI=1S/C15H23N3O3S2.ClH/c1-22-13-5-2-6-14(10-13)23(20,21)18-9-3-4-12(11-18)15(19)17-8-7-16;/h2,5-6,10,12H,3-4,7-9,11,16H2,1H3,(H,17,19);1H. The van der Waals surface area contributed by atoms with Crippen molar-refractivity contribution in [2.24, 2.45) is 11.7 Å². The molecule has 0 saturated carbocycles. The number of piperidine rings is 1. The molecule has 0 aromatic heterocycles. The fourth-order valence-corrected chi connectivity index (χ4v) is 4.73. The third kappa shape index (κ3) is 5.10. The van der Waals surface area contributed by atoms with Gasteiger partial charge in [0.25, 0.3) is 0 Å². The molecular weight excluding hydrogens is 370 g/mol. The van der Waals surface area contributed by atoms with Crippen LogP contribution >= 0.6 is 24.2 Å². The van der Waals surface area contributed by atoms with E-state index in [1.54, 1.807) is 18.2 Å². The number of nitrogens with one attached hydrogen (secondary N) is 1. The number of carbonyl (C=O) groups excluding carboxylic acids is 1. The Morgan fingerprint density at radius 3 is 2.88 bits per heavy atom. The highest BCUT2D eigenvalue weighted by Gasteiger charge is 2.33. The Balaban J connectivity index is 0.00000288. The molecule has 1 amide bonds. The second-order valence-corrected chi connectivity index (χ2v) is 8.28. The molecule has 6 nitrogen and oxygen atoms in total. The number of thioether (sulfide) groups is 1. The minimum atomic E-state index is -3.57. The first kappa shape index (κ1) is 21.2. The van der Waals surface area contributed by atoms with Crippen molar-refractivity contribution in [2.75, 3.05) is 32.4 Å². The van der Waals surface area contributed by atoms with Crippen molar-refractivity contribution in [1.82, 2.24) is 9.62 Å². The molecule has 0 aliphatic carbocycles. The van der Waals surface area contributed by atoms with Gasteiger partial charge in [-0.05, 0) is 37.3 Å². The zero-order valence-corrected chi connectivity index (χ0v) is 16.1. The van der Waals surface area contributed by atoms with Gasteiger partial charge in [-0.25, -0.2) is 8.42 Å². The van der Waals surface area contributed by atoms with Crippen molar-refractivity contribution in [3.05, 3.63) is 24.3 Å². The van der Waals surface area contributed by atoms with Crippen LogP contribution in [0.5, 0.6) is 0 Å². The Bertz CT molecular complexity index is 655. The van der Waals surface area contributed by atoms with E-state index in [0.29, 0.717) is 32.5 Å². The van der Waals surface area contributed by atoms with Crippen LogP contribution in [0.1, 0.15) is 12.8 Å². The fourth-order valence-electron chi connectivity index (χ4n) is 2.63. The second kappa shape index (κ2) is 9.62. The number of sulfonamides is 1. The molecule has 1 fully saturated rings. The molecule has 1 saturated heterocycles. The van der Waals surface area contributed by atoms with E-state index >= 15 is 0 Å². The lowest BCUT2D eigenvalue weighted by Gasteiger charge is -2.31. The van der Waals surface area contributed by atoms with Crippen molar-refractivity contribution < 1.29 is 13.2 Å². The van der Waals surface area contributed by atoms with E-state index in [2.05, 4.69) is 5.32 Å². The summed E-state index contributed by atoms with van der Waals surface area (Å²) in [6.07, 6.45) is 3.29. The first-order valence-corrected chi connectivity index (χ1v) is 10.3. The van der Waals surface area contributed by atoms with Crippen molar-refractivity contribution in [3.63, 3.8) is 0 Å². The number of halogens is 1. The van der Waals surface area contributed by atoms with Crippen molar-refractivity contribution >= 4 is 40.1 Å². The molecule has 0 bridgehead atoms. The molecule has 1 aliphatic heterocycles. The maximum atomic E-state index is 12.8. The lowest BCUT2D eigenvalue weighted by Crippen LogP contribution is -2.46. The number of nitrogens with zero attached hydrogens (tertiary/aromatic N) is 1. The summed E-state index contributed by atoms with van der Waals surface area (Å²) in [7, 11) is -3.57. The molecule has 1 unspecified atom stereocenters. The van der Waals surface area contributed by atoms with Gasteiger partial charge in [0, 0.05) is 31.1 Å². The number of rotatable bonds is 6. The van der Waals surface area contributed by atoms with Gasteiger partial charge in [-0.3, -0.25) is 4.79 Å². The zero-order chi connectivity index (χ0) is 16.9. The van der Waals surface area contributed by atoms with Crippen LogP contribution in [0.2, 0.25) is 0 Å². The van der Waals surface area contributed by atoms with E-state index in [9.17, 15) is 13.2 Å². The normalized spacial score (nSPS) is 18.7. The SMILES string of the molecule is CSc1cccc(S(=O)(=O)N2CCCC(C(=O)NCCN)C2)c1.Cl. The van der Waals surface area contributed by atoms with E-state index in [0.717, 1.165) is 4.90 Å². The summed E-state index contributed by atoms with van der Waals surface area (Å²) in [5.41, 5.74) is 5.38. The average Bonchev–Trinajstić information content (AvgIpc) is 2.59. The van der Waals surface area contributed by atoms with E-state index in [1.807, 2.05) is 12.3 Å². The summed E-state index contributed by atoms with van der Waals surface area (Å²) in [5, 5.41) is 2.74. The third-order valence-electron chi connectivity index (χ3n) is 3.88. The Hall–Kier alpha value is -0.800. The van der Waals surface area contributed by atoms with Gasteiger partial charge in [-0.2, -0.15) is 4.31 Å². The first-order chi connectivity index (χ1) is 11.0. The second-order valence-electron chi connectivity index (χ2n) is 5.46. The summed E-state index contributed by atoms with van der Waals surface area (Å²) >= 11 is 1.50. The van der Waals surface area contributed by atoms with Crippen molar-refractivity contribution in [2.45, 2.75) is 22.6 Å². The summed E-state index contributed by atoms with van der Waals surface area (Å²) < 4.78 is 27.0. The molecule has 24 heavy (non-hydrogen) atoms. The predicted octanol–water partition coefficient (Wildman–Crippen LogP) is 1.31. The Morgan fingerprint density at radius 2 is 2.21 bits per heavy atom. The summed E-state index contributed by atoms with van der Waals surface area (Å²) in [5.74, 6) is -0.429. The fraction of sp³-hybridized carbons (Fsp3) is 0.533. The van der Waals surface area contributed by atoms with Gasteiger partial charge in [-0.15, -0.1) is 24.2 Å². The van der Waals surface area contributed by atoms with Crippen molar-refractivity contribution in [3.8, 4) is 0 Å². The number of benzene rings is 1. The van der Waals surface area contributed by atoms with E-state index in [1.165, 1.54) is 16.1 Å². The zero-order valence-electron chi connectivity index (χ0n) is 13.6. The lowest BCUT2D eigenvalue weighted by molar-refractivity contribution is -0.126. The van der Waals surface area contributed by atoms with Crippen LogP contribution in [0.25, 0.3) is 0 Å². The van der Waals surface area contributed by atoms with Crippen LogP contribution in [0, 0.1) is 5.92 Å². The summed E-state index contributed by atoms with van der Waals surface area (Å²) in [6, 6.07) is 6.91. The van der Waals surface area contributed by atoms with Gasteiger partial charge in [0.2, 0.25) is 15.9 Å². The van der Waals surface area contributed by atoms with Gasteiger partial charge in [0.1, 0.15) is 0 Å². The summed E-state index contributed by atoms with van der Waals surface area (Å²) in [4.78, 5) is 13.3. The Kier molecular flexibility index (Phi) is 8.52. The third-order valence-corrected chi connectivity index (χ3v) is 6.46. The quantitative estimate of drug-likeness (QED) is 0.711. The Labute approximate surface area is 154 Å². The van der Waals surface area contributed by atoms with Crippen LogP contribution < -0.4 is 11.1 Å². The molecular formula is C15H24ClN3O3S2. The molecule has 1 aromatic rings. The van der Waals surface area contributed by atoms with Crippen LogP contribution in [0.15, 0.2) is 34.1 Å². The monoisotopic (exact) mass is 393 g/mol. The topological polar surface area (TPSA) is 92.5 Å². The number of carbonyl (C=O) groups is 1. The van der Waals surface area contributed by atoms with Crippen molar-refractivity contribution in [1.29, 1.82) is 0 Å². The van der Waals surface area contributed by atoms with Gasteiger partial charge in [0.05, 0.1) is 10.8 Å². The van der Waals surface area contributed by atoms with E-state index in [4.69, 9.17) is 5.73 Å². The minimum absolute atomic E-state index is 0. The molecule has 3 N–H and O–H groups in total. The average molecular weight is 394 g/mol. The summed E-state index contributed by atoms with van der Waals surface area (Å²) in [6.45, 7) is 1.47. The highest BCUT2D eigenvalue weighted by Crippen LogP contribution is 2.26. The largest absolute Gasteiger partial charge is 0.355 e. The molecule has 1 aromatic carbocycles. The van der Waals surface area contributed by atoms with E-state index in [-0.39, 0.29) is 35.7 Å². The maximum absolute atomic E-state index is 12.8. The molecule has 2 rings (SSSR count). The molecule has 1 aliphatic rings. The lowest BCUT2D eigenvalue weighted by atomic mass is 9.99. The maximum Gasteiger partial charge on any atom is 0.243 e. The van der Waals surface area contributed by atoms with Gasteiger partial charge < -0.3 is 11.1 Å². The number of hydrogen-bond donors (Lipinski definition) is 2.